The van der Waals surface area contributed by atoms with Crippen LogP contribution in [0.4, 0.5) is 5.82 Å². The van der Waals surface area contributed by atoms with Crippen molar-refractivity contribution >= 4 is 46.5 Å². The zero-order valence-electron chi connectivity index (χ0n) is 15.2. The SMILES string of the molecule is C#Cc1ccsc1-c1nc2ccccn2c1NC(C)(C)C.Cl.c1nc2sc1=2. The molecule has 4 nitrogen and oxygen atoms in total. The topological polar surface area (TPSA) is 42.2 Å². The van der Waals surface area contributed by atoms with E-state index in [-0.39, 0.29) is 17.9 Å². The minimum atomic E-state index is -0.0614. The minimum absolute atomic E-state index is 0. The first-order chi connectivity index (χ1) is 12.5. The second-order valence-corrected chi connectivity index (χ2v) is 8.90. The van der Waals surface area contributed by atoms with Crippen LogP contribution in [0.3, 0.4) is 0 Å². The highest BCUT2D eigenvalue weighted by Gasteiger charge is 2.21. The Hall–Kier alpha value is -2.33. The highest BCUT2D eigenvalue weighted by Crippen LogP contribution is 2.35. The fourth-order valence-corrected chi connectivity index (χ4v) is 3.86. The van der Waals surface area contributed by atoms with Crippen molar-refractivity contribution in [1.29, 1.82) is 0 Å². The average molecular weight is 415 g/mol. The summed E-state index contributed by atoms with van der Waals surface area (Å²) < 4.78 is 4.72. The number of fused-ring (bicyclic) bond motifs is 1. The molecule has 0 fully saturated rings. The van der Waals surface area contributed by atoms with E-state index in [1.807, 2.05) is 42.0 Å². The number of nitrogens with zero attached hydrogens (tertiary/aromatic N) is 3. The van der Waals surface area contributed by atoms with Crippen LogP contribution in [0.25, 0.3) is 16.2 Å². The lowest BCUT2D eigenvalue weighted by molar-refractivity contribution is 0.629. The molecule has 0 spiro atoms. The molecule has 2 aliphatic rings. The Morgan fingerprint density at radius 3 is 2.56 bits per heavy atom. The summed E-state index contributed by atoms with van der Waals surface area (Å²) in [7, 11) is 0. The van der Waals surface area contributed by atoms with Gasteiger partial charge in [-0.25, -0.2) is 9.97 Å². The van der Waals surface area contributed by atoms with Gasteiger partial charge in [0.1, 0.15) is 21.8 Å². The Morgan fingerprint density at radius 2 is 2.00 bits per heavy atom. The van der Waals surface area contributed by atoms with Crippen LogP contribution in [-0.2, 0) is 0 Å². The van der Waals surface area contributed by atoms with E-state index in [0.29, 0.717) is 0 Å². The van der Waals surface area contributed by atoms with Crippen LogP contribution in [-0.4, -0.2) is 19.9 Å². The molecule has 7 heteroatoms. The van der Waals surface area contributed by atoms with E-state index in [1.165, 1.54) is 9.20 Å². The molecule has 0 unspecified atom stereocenters. The van der Waals surface area contributed by atoms with Crippen molar-refractivity contribution in [2.45, 2.75) is 26.3 Å². The lowest BCUT2D eigenvalue weighted by Gasteiger charge is -2.22. The molecule has 138 valence electrons. The Kier molecular flexibility index (Phi) is 5.29. The van der Waals surface area contributed by atoms with Gasteiger partial charge in [0.15, 0.2) is 0 Å². The molecule has 5 heterocycles. The third kappa shape index (κ3) is 4.01. The van der Waals surface area contributed by atoms with E-state index in [1.54, 1.807) is 22.7 Å². The zero-order valence-corrected chi connectivity index (χ0v) is 17.6. The maximum Gasteiger partial charge on any atom is 0.140 e. The third-order valence-electron chi connectivity index (χ3n) is 3.73. The first-order valence-corrected chi connectivity index (χ1v) is 9.92. The number of aromatic nitrogens is 3. The molecular formula is C20H19ClN4S2. The van der Waals surface area contributed by atoms with Crippen LogP contribution in [0, 0.1) is 21.5 Å². The minimum Gasteiger partial charge on any atom is -0.365 e. The summed E-state index contributed by atoms with van der Waals surface area (Å²) in [4.78, 5) is 9.66. The van der Waals surface area contributed by atoms with E-state index in [4.69, 9.17) is 11.4 Å². The number of hydrogen-bond donors (Lipinski definition) is 1. The standard InChI is InChI=1S/C17H17N3S.C3HNS.ClH/c1-5-12-9-11-21-15(12)14-16(19-17(2,3)4)20-10-7-6-8-13(20)18-14;1-2-3(4-1)5-2;/h1,6-11,19H,2-4H3;1H;1H. The average Bonchev–Trinajstić information content (AvgIpc) is 2.96. The number of nitrogens with one attached hydrogen (secondary N) is 1. The predicted molar refractivity (Wildman–Crippen MR) is 117 cm³/mol. The quantitative estimate of drug-likeness (QED) is 0.392. The highest BCUT2D eigenvalue weighted by molar-refractivity contribution is 7.14. The van der Waals surface area contributed by atoms with E-state index >= 15 is 0 Å². The third-order valence-corrected chi connectivity index (χ3v) is 5.49. The largest absolute Gasteiger partial charge is 0.365 e. The molecule has 0 aliphatic carbocycles. The summed E-state index contributed by atoms with van der Waals surface area (Å²) in [6, 6.07) is 7.96. The number of thiophene rings is 1. The van der Waals surface area contributed by atoms with Gasteiger partial charge < -0.3 is 5.32 Å². The number of halogens is 1. The summed E-state index contributed by atoms with van der Waals surface area (Å²) in [5, 5.41) is 5.56. The number of hydrogen-bond acceptors (Lipinski definition) is 5. The van der Waals surface area contributed by atoms with Gasteiger partial charge in [-0.3, -0.25) is 4.40 Å². The van der Waals surface area contributed by atoms with E-state index in [9.17, 15) is 0 Å². The van der Waals surface area contributed by atoms with Crippen molar-refractivity contribution < 1.29 is 0 Å². The molecule has 0 aromatic carbocycles. The predicted octanol–water partition coefficient (Wildman–Crippen LogP) is 5.42. The molecule has 2 aliphatic heterocycles. The van der Waals surface area contributed by atoms with Crippen LogP contribution in [0.5, 0.6) is 0 Å². The van der Waals surface area contributed by atoms with Gasteiger partial charge in [-0.2, -0.15) is 0 Å². The fourth-order valence-electron chi connectivity index (χ4n) is 2.54. The lowest BCUT2D eigenvalue weighted by atomic mass is 10.1. The number of terminal acetylenes is 1. The van der Waals surface area contributed by atoms with Crippen LogP contribution >= 0.6 is 35.1 Å². The molecule has 5 rings (SSSR count). The van der Waals surface area contributed by atoms with Gasteiger partial charge in [-0.15, -0.1) is 41.5 Å². The lowest BCUT2D eigenvalue weighted by Crippen LogP contribution is -2.27. The van der Waals surface area contributed by atoms with Crippen molar-refractivity contribution in [3.63, 3.8) is 0 Å². The number of thiazole rings is 1. The summed E-state index contributed by atoms with van der Waals surface area (Å²) in [6.07, 6.45) is 9.51. The fraction of sp³-hybridized carbons (Fsp3) is 0.200. The van der Waals surface area contributed by atoms with Crippen molar-refractivity contribution in [2.24, 2.45) is 0 Å². The van der Waals surface area contributed by atoms with Gasteiger partial charge in [-0.05, 0) is 44.4 Å². The van der Waals surface area contributed by atoms with Gasteiger partial charge in [-0.1, -0.05) is 12.0 Å². The van der Waals surface area contributed by atoms with Crippen molar-refractivity contribution in [2.75, 3.05) is 5.32 Å². The molecule has 27 heavy (non-hydrogen) atoms. The van der Waals surface area contributed by atoms with Gasteiger partial charge in [0, 0.05) is 23.5 Å². The highest BCUT2D eigenvalue weighted by atomic mass is 35.5. The van der Waals surface area contributed by atoms with Crippen molar-refractivity contribution in [3.05, 3.63) is 56.8 Å². The van der Waals surface area contributed by atoms with E-state index in [2.05, 4.69) is 41.4 Å². The molecule has 3 aromatic rings. The zero-order chi connectivity index (χ0) is 18.3. The molecule has 0 bridgehead atoms. The molecule has 0 saturated carbocycles. The molecule has 0 amide bonds. The van der Waals surface area contributed by atoms with Gasteiger partial charge in [0.2, 0.25) is 0 Å². The van der Waals surface area contributed by atoms with Gasteiger partial charge >= 0.3 is 0 Å². The molecule has 1 N–H and O–H groups in total. The summed E-state index contributed by atoms with van der Waals surface area (Å²) in [5.41, 5.74) is 2.66. The molecule has 3 aromatic heterocycles. The number of anilines is 1. The monoisotopic (exact) mass is 414 g/mol. The van der Waals surface area contributed by atoms with Crippen molar-refractivity contribution in [1.82, 2.24) is 14.4 Å². The number of rotatable bonds is 2. The summed E-state index contributed by atoms with van der Waals surface area (Å²) in [6.45, 7) is 6.40. The Balaban J connectivity index is 0.000000298. The van der Waals surface area contributed by atoms with Crippen LogP contribution in [0.1, 0.15) is 26.3 Å². The number of pyridine rings is 1. The Morgan fingerprint density at radius 1 is 1.22 bits per heavy atom. The summed E-state index contributed by atoms with van der Waals surface area (Å²) in [5.74, 6) is 3.73. The van der Waals surface area contributed by atoms with Crippen LogP contribution in [0.15, 0.2) is 42.0 Å². The molecule has 0 radical (unpaired) electrons. The normalized spacial score (nSPS) is 11.2. The summed E-state index contributed by atoms with van der Waals surface area (Å²) >= 11 is 3.39. The molecule has 0 atom stereocenters. The number of imidazole rings is 1. The first kappa shape index (κ1) is 19.4. The van der Waals surface area contributed by atoms with Crippen LogP contribution in [0.2, 0.25) is 0 Å². The molecule has 0 saturated heterocycles. The van der Waals surface area contributed by atoms with Gasteiger partial charge in [0.25, 0.3) is 0 Å². The maximum atomic E-state index is 5.61. The Labute approximate surface area is 172 Å². The smallest absolute Gasteiger partial charge is 0.140 e. The maximum absolute atomic E-state index is 5.61. The van der Waals surface area contributed by atoms with Crippen molar-refractivity contribution in [3.8, 4) is 22.9 Å². The Bertz CT molecular complexity index is 1200. The van der Waals surface area contributed by atoms with E-state index < -0.39 is 0 Å². The van der Waals surface area contributed by atoms with E-state index in [0.717, 1.165) is 27.6 Å². The second-order valence-electron chi connectivity index (χ2n) is 6.95. The first-order valence-electron chi connectivity index (χ1n) is 8.22. The van der Waals surface area contributed by atoms with Gasteiger partial charge in [0.05, 0.1) is 9.41 Å². The second kappa shape index (κ2) is 7.35. The molecular weight excluding hydrogens is 396 g/mol. The van der Waals surface area contributed by atoms with Crippen LogP contribution < -0.4 is 5.32 Å².